The van der Waals surface area contributed by atoms with Gasteiger partial charge < -0.3 is 19.3 Å². The van der Waals surface area contributed by atoms with Gasteiger partial charge in [-0.2, -0.15) is 0 Å². The number of hydrogen-bond acceptors (Lipinski definition) is 6. The molecule has 1 spiro atoms. The maximum Gasteiger partial charge on any atom is 0.224 e. The van der Waals surface area contributed by atoms with Crippen molar-refractivity contribution in [3.8, 4) is 11.5 Å². The van der Waals surface area contributed by atoms with Gasteiger partial charge in [-0.3, -0.25) is 14.7 Å². The summed E-state index contributed by atoms with van der Waals surface area (Å²) in [5.74, 6) is 2.10. The van der Waals surface area contributed by atoms with Gasteiger partial charge in [0.15, 0.2) is 0 Å². The van der Waals surface area contributed by atoms with Gasteiger partial charge in [-0.15, -0.1) is 0 Å². The third kappa shape index (κ3) is 7.82. The molecule has 42 heavy (non-hydrogen) atoms. The fourth-order valence-corrected chi connectivity index (χ4v) is 6.57. The maximum atomic E-state index is 13.3. The van der Waals surface area contributed by atoms with Gasteiger partial charge in [-0.05, 0) is 73.4 Å². The minimum atomic E-state index is 0.193. The number of anilines is 1. The average Bonchev–Trinajstić information content (AvgIpc) is 3.02. The van der Waals surface area contributed by atoms with Crippen LogP contribution in [0.5, 0.6) is 11.5 Å². The molecule has 0 unspecified atom stereocenters. The van der Waals surface area contributed by atoms with E-state index in [-0.39, 0.29) is 11.3 Å². The lowest BCUT2D eigenvalue weighted by atomic mass is 9.73. The number of aryl methyl sites for hydroxylation is 1. The highest BCUT2D eigenvalue weighted by molar-refractivity contribution is 5.77. The molecule has 1 saturated heterocycles. The highest BCUT2D eigenvalue weighted by atomic mass is 16.5. The van der Waals surface area contributed by atoms with Crippen LogP contribution in [-0.2, 0) is 17.8 Å². The smallest absolute Gasteiger partial charge is 0.224 e. The first-order valence-corrected chi connectivity index (χ1v) is 15.5. The molecule has 1 amide bonds. The molecular formula is C35H46N4O3. The molecule has 7 nitrogen and oxygen atoms in total. The number of pyridine rings is 1. The van der Waals surface area contributed by atoms with Crippen LogP contribution < -0.4 is 14.4 Å². The normalized spacial score (nSPS) is 17.8. The van der Waals surface area contributed by atoms with Gasteiger partial charge in [-0.1, -0.05) is 42.8 Å². The molecule has 2 aromatic carbocycles. The number of nitrogens with zero attached hydrogens (tertiary/aromatic N) is 4. The van der Waals surface area contributed by atoms with Crippen molar-refractivity contribution in [2.45, 2.75) is 51.5 Å². The lowest BCUT2D eigenvalue weighted by molar-refractivity contribution is -0.133. The SMILES string of the molecule is COc1ccccc1N(C)CCC(=O)N1CCC2(CCCCc3ccccc3OCCN(Cc3ccccn3)C2)CC1. The second kappa shape index (κ2) is 14.5. The third-order valence-corrected chi connectivity index (χ3v) is 9.05. The monoisotopic (exact) mass is 570 g/mol. The van der Waals surface area contributed by atoms with E-state index in [4.69, 9.17) is 9.47 Å². The van der Waals surface area contributed by atoms with Crippen LogP contribution in [0.25, 0.3) is 0 Å². The molecule has 0 N–H and O–H groups in total. The number of ether oxygens (including phenoxy) is 2. The summed E-state index contributed by atoms with van der Waals surface area (Å²) in [6.07, 6.45) is 9.04. The Labute approximate surface area is 251 Å². The summed E-state index contributed by atoms with van der Waals surface area (Å²) < 4.78 is 11.8. The fourth-order valence-electron chi connectivity index (χ4n) is 6.57. The van der Waals surface area contributed by atoms with Gasteiger partial charge in [0.05, 0.1) is 18.5 Å². The second-order valence-electron chi connectivity index (χ2n) is 11.9. The number of benzene rings is 2. The number of piperidine rings is 1. The topological polar surface area (TPSA) is 58.1 Å². The highest BCUT2D eigenvalue weighted by Gasteiger charge is 2.37. The molecular weight excluding hydrogens is 524 g/mol. The number of carbonyl (C=O) groups excluding carboxylic acids is 1. The van der Waals surface area contributed by atoms with Gasteiger partial charge >= 0.3 is 0 Å². The number of rotatable bonds is 7. The van der Waals surface area contributed by atoms with Crippen LogP contribution in [0.3, 0.4) is 0 Å². The molecule has 0 bridgehead atoms. The van der Waals surface area contributed by atoms with Gasteiger partial charge in [0, 0.05) is 58.9 Å². The number of carbonyl (C=O) groups is 1. The Kier molecular flexibility index (Phi) is 10.4. The van der Waals surface area contributed by atoms with E-state index in [0.29, 0.717) is 19.6 Å². The Morgan fingerprint density at radius 2 is 1.76 bits per heavy atom. The molecule has 5 rings (SSSR count). The first-order valence-electron chi connectivity index (χ1n) is 15.5. The number of methoxy groups -OCH3 is 1. The van der Waals surface area contributed by atoms with E-state index in [0.717, 1.165) is 81.3 Å². The summed E-state index contributed by atoms with van der Waals surface area (Å²) in [5, 5.41) is 0. The van der Waals surface area contributed by atoms with Crippen molar-refractivity contribution >= 4 is 11.6 Å². The fraction of sp³-hybridized carbons (Fsp3) is 0.486. The Morgan fingerprint density at radius 1 is 0.976 bits per heavy atom. The molecule has 3 aromatic rings. The molecule has 1 aromatic heterocycles. The summed E-state index contributed by atoms with van der Waals surface area (Å²) >= 11 is 0. The second-order valence-corrected chi connectivity index (χ2v) is 11.9. The number of hydrogen-bond donors (Lipinski definition) is 0. The van der Waals surface area contributed by atoms with E-state index in [2.05, 4.69) is 56.1 Å². The number of para-hydroxylation sites is 3. The van der Waals surface area contributed by atoms with Gasteiger partial charge in [0.2, 0.25) is 5.91 Å². The van der Waals surface area contributed by atoms with Crippen LogP contribution >= 0.6 is 0 Å². The Balaban J connectivity index is 1.23. The molecule has 0 radical (unpaired) electrons. The molecule has 3 heterocycles. The van der Waals surface area contributed by atoms with E-state index >= 15 is 0 Å². The number of amides is 1. The first kappa shape index (κ1) is 29.9. The van der Waals surface area contributed by atoms with Crippen LogP contribution in [0.2, 0.25) is 0 Å². The summed E-state index contributed by atoms with van der Waals surface area (Å²) in [7, 11) is 3.72. The van der Waals surface area contributed by atoms with Crippen molar-refractivity contribution < 1.29 is 14.3 Å². The van der Waals surface area contributed by atoms with Crippen molar-refractivity contribution in [3.63, 3.8) is 0 Å². The minimum absolute atomic E-state index is 0.193. The van der Waals surface area contributed by atoms with Crippen molar-refractivity contribution in [2.24, 2.45) is 5.41 Å². The van der Waals surface area contributed by atoms with E-state index in [9.17, 15) is 4.79 Å². The van der Waals surface area contributed by atoms with Crippen LogP contribution in [0.1, 0.15) is 49.8 Å². The molecule has 7 heteroatoms. The standard InChI is InChI=1S/C35H46N4O3/c1-37(31-14-4-6-16-33(31)41-2)22-17-34(40)39-23-19-35(20-24-39)18-9-7-12-29-11-3-5-15-32(29)42-26-25-38(28-35)27-30-13-8-10-21-36-30/h3-6,8,10-11,13-16,21H,7,9,12,17-20,22-28H2,1-2H3. The maximum absolute atomic E-state index is 13.3. The molecule has 0 atom stereocenters. The van der Waals surface area contributed by atoms with E-state index in [1.165, 1.54) is 18.4 Å². The zero-order chi connectivity index (χ0) is 29.2. The van der Waals surface area contributed by atoms with Crippen LogP contribution in [0.4, 0.5) is 5.69 Å². The summed E-state index contributed by atoms with van der Waals surface area (Å²) in [5.41, 5.74) is 3.60. The summed E-state index contributed by atoms with van der Waals surface area (Å²) in [6.45, 7) is 5.65. The number of fused-ring (bicyclic) bond motifs is 1. The van der Waals surface area contributed by atoms with Crippen LogP contribution in [0.15, 0.2) is 72.9 Å². The summed E-state index contributed by atoms with van der Waals surface area (Å²) in [4.78, 5) is 24.7. The zero-order valence-electron chi connectivity index (χ0n) is 25.3. The van der Waals surface area contributed by atoms with Gasteiger partial charge in [-0.25, -0.2) is 0 Å². The lowest BCUT2D eigenvalue weighted by Crippen LogP contribution is -2.49. The lowest BCUT2D eigenvalue weighted by Gasteiger charge is -2.45. The number of likely N-dealkylation sites (tertiary alicyclic amines) is 1. The molecule has 1 fully saturated rings. The Hall–Kier alpha value is -3.58. The average molecular weight is 571 g/mol. The van der Waals surface area contributed by atoms with Gasteiger partial charge in [0.25, 0.3) is 0 Å². The van der Waals surface area contributed by atoms with E-state index < -0.39 is 0 Å². The predicted molar refractivity (Wildman–Crippen MR) is 168 cm³/mol. The van der Waals surface area contributed by atoms with E-state index in [1.807, 2.05) is 43.6 Å². The van der Waals surface area contributed by atoms with E-state index in [1.54, 1.807) is 7.11 Å². The zero-order valence-corrected chi connectivity index (χ0v) is 25.3. The summed E-state index contributed by atoms with van der Waals surface area (Å²) in [6, 6.07) is 22.6. The third-order valence-electron chi connectivity index (χ3n) is 9.05. The molecule has 2 aliphatic rings. The molecule has 2 aliphatic heterocycles. The van der Waals surface area contributed by atoms with Gasteiger partial charge in [0.1, 0.15) is 18.1 Å². The van der Waals surface area contributed by atoms with Crippen LogP contribution in [-0.4, -0.2) is 74.2 Å². The highest BCUT2D eigenvalue weighted by Crippen LogP contribution is 2.39. The minimum Gasteiger partial charge on any atom is -0.495 e. The van der Waals surface area contributed by atoms with Crippen molar-refractivity contribution in [1.29, 1.82) is 0 Å². The molecule has 224 valence electrons. The Morgan fingerprint density at radius 3 is 2.57 bits per heavy atom. The van der Waals surface area contributed by atoms with Crippen molar-refractivity contribution in [3.05, 3.63) is 84.2 Å². The first-order chi connectivity index (χ1) is 20.5. The van der Waals surface area contributed by atoms with Crippen LogP contribution in [0, 0.1) is 5.41 Å². The number of aromatic nitrogens is 1. The molecule has 0 aliphatic carbocycles. The van der Waals surface area contributed by atoms with Crippen molar-refractivity contribution in [1.82, 2.24) is 14.8 Å². The largest absolute Gasteiger partial charge is 0.495 e. The quantitative estimate of drug-likeness (QED) is 0.356. The van der Waals surface area contributed by atoms with Crippen molar-refractivity contribution in [2.75, 3.05) is 58.4 Å². The Bertz CT molecular complexity index is 1280. The molecule has 0 saturated carbocycles. The predicted octanol–water partition coefficient (Wildman–Crippen LogP) is 5.83.